The van der Waals surface area contributed by atoms with Crippen LogP contribution < -0.4 is 0 Å². The van der Waals surface area contributed by atoms with Crippen LogP contribution in [0.3, 0.4) is 0 Å². The van der Waals surface area contributed by atoms with Gasteiger partial charge in [0.05, 0.1) is 16.7 Å². The van der Waals surface area contributed by atoms with Crippen molar-refractivity contribution in [3.63, 3.8) is 0 Å². The number of cyclic esters (lactones) is 2. The number of benzene rings is 1. The highest BCUT2D eigenvalue weighted by Crippen LogP contribution is 2.21. The molecular weight excluding hydrogens is 256 g/mol. The molecule has 1 N–H and O–H groups in total. The van der Waals surface area contributed by atoms with Crippen molar-refractivity contribution in [2.24, 2.45) is 0 Å². The van der Waals surface area contributed by atoms with Gasteiger partial charge in [0, 0.05) is 0 Å². The lowest BCUT2D eigenvalue weighted by Crippen LogP contribution is -2.23. The largest absolute Gasteiger partial charge is 0.479 e. The average molecular weight is 264 g/mol. The van der Waals surface area contributed by atoms with Gasteiger partial charge in [-0.2, -0.15) is 0 Å². The summed E-state index contributed by atoms with van der Waals surface area (Å²) in [6.07, 6.45) is -1.31. The highest BCUT2D eigenvalue weighted by Gasteiger charge is 2.30. The fourth-order valence-electron chi connectivity index (χ4n) is 1.49. The maximum absolute atomic E-state index is 11.6. The predicted octanol–water partition coefficient (Wildman–Crippen LogP) is 0.627. The minimum Gasteiger partial charge on any atom is -0.479 e. The van der Waals surface area contributed by atoms with Crippen LogP contribution in [0.4, 0.5) is 0 Å². The Morgan fingerprint density at radius 2 is 1.84 bits per heavy atom. The van der Waals surface area contributed by atoms with Crippen molar-refractivity contribution in [3.05, 3.63) is 34.9 Å². The molecule has 0 saturated heterocycles. The summed E-state index contributed by atoms with van der Waals surface area (Å²) < 4.78 is 9.01. The lowest BCUT2D eigenvalue weighted by atomic mass is 10.1. The molecule has 0 aliphatic carbocycles. The topological polar surface area (TPSA) is 107 Å². The van der Waals surface area contributed by atoms with E-state index in [1.807, 2.05) is 0 Å². The van der Waals surface area contributed by atoms with Crippen LogP contribution in [0.5, 0.6) is 0 Å². The van der Waals surface area contributed by atoms with Gasteiger partial charge in [-0.05, 0) is 25.1 Å². The van der Waals surface area contributed by atoms with Crippen LogP contribution in [0.1, 0.15) is 38.0 Å². The van der Waals surface area contributed by atoms with Crippen LogP contribution in [0.25, 0.3) is 0 Å². The van der Waals surface area contributed by atoms with Crippen LogP contribution >= 0.6 is 0 Å². The zero-order chi connectivity index (χ0) is 14.2. The van der Waals surface area contributed by atoms with E-state index in [1.54, 1.807) is 0 Å². The zero-order valence-corrected chi connectivity index (χ0v) is 9.71. The number of aliphatic carboxylic acids is 1. The Morgan fingerprint density at radius 1 is 1.21 bits per heavy atom. The Hall–Kier alpha value is -2.70. The maximum Gasteiger partial charge on any atom is 0.346 e. The molecule has 1 aromatic rings. The molecule has 1 aliphatic rings. The molecule has 7 nitrogen and oxygen atoms in total. The molecule has 0 bridgehead atoms. The average Bonchev–Trinajstić information content (AvgIpc) is 2.64. The zero-order valence-electron chi connectivity index (χ0n) is 9.71. The molecule has 0 radical (unpaired) electrons. The van der Waals surface area contributed by atoms with Gasteiger partial charge in [0.2, 0.25) is 0 Å². The standard InChI is InChI=1S/C12H8O7/c1-5(9(13)14)18-10(15)6-2-3-7-8(4-6)12(17)19-11(7)16/h2-5H,1H3,(H,13,14). The Morgan fingerprint density at radius 3 is 2.47 bits per heavy atom. The lowest BCUT2D eigenvalue weighted by Gasteiger charge is -2.08. The summed E-state index contributed by atoms with van der Waals surface area (Å²) in [6.45, 7) is 1.20. The molecule has 2 rings (SSSR count). The number of rotatable bonds is 3. The summed E-state index contributed by atoms with van der Waals surface area (Å²) in [5.74, 6) is -3.81. The van der Waals surface area contributed by atoms with Gasteiger partial charge in [-0.3, -0.25) is 0 Å². The van der Waals surface area contributed by atoms with E-state index in [9.17, 15) is 19.2 Å². The highest BCUT2D eigenvalue weighted by molar-refractivity contribution is 6.15. The van der Waals surface area contributed by atoms with Crippen LogP contribution in [-0.2, 0) is 14.3 Å². The monoisotopic (exact) mass is 264 g/mol. The summed E-state index contributed by atoms with van der Waals surface area (Å²) >= 11 is 0. The molecule has 0 aromatic heterocycles. The van der Waals surface area contributed by atoms with E-state index in [0.717, 1.165) is 6.07 Å². The molecule has 1 unspecified atom stereocenters. The third kappa shape index (κ3) is 2.30. The summed E-state index contributed by atoms with van der Waals surface area (Å²) in [5, 5.41) is 8.61. The first-order valence-electron chi connectivity index (χ1n) is 5.24. The van der Waals surface area contributed by atoms with Crippen LogP contribution in [-0.4, -0.2) is 35.1 Å². The molecule has 19 heavy (non-hydrogen) atoms. The number of esters is 3. The van der Waals surface area contributed by atoms with Crippen molar-refractivity contribution >= 4 is 23.9 Å². The number of fused-ring (bicyclic) bond motifs is 1. The van der Waals surface area contributed by atoms with E-state index >= 15 is 0 Å². The van der Waals surface area contributed by atoms with Crippen molar-refractivity contribution in [1.29, 1.82) is 0 Å². The normalized spacial score (nSPS) is 14.6. The first-order valence-corrected chi connectivity index (χ1v) is 5.24. The van der Waals surface area contributed by atoms with Crippen LogP contribution in [0, 0.1) is 0 Å². The molecular formula is C12H8O7. The fraction of sp³-hybridized carbons (Fsp3) is 0.167. The number of carbonyl (C=O) groups is 4. The first-order chi connectivity index (χ1) is 8.90. The summed E-state index contributed by atoms with van der Waals surface area (Å²) in [4.78, 5) is 44.7. The molecule has 0 fully saturated rings. The smallest absolute Gasteiger partial charge is 0.346 e. The first kappa shape index (κ1) is 12.7. The fourth-order valence-corrected chi connectivity index (χ4v) is 1.49. The number of carboxylic acids is 1. The third-order valence-electron chi connectivity index (χ3n) is 2.51. The number of ether oxygens (including phenoxy) is 2. The molecule has 1 atom stereocenters. The maximum atomic E-state index is 11.6. The molecule has 98 valence electrons. The van der Waals surface area contributed by atoms with Gasteiger partial charge in [-0.25, -0.2) is 19.2 Å². The lowest BCUT2D eigenvalue weighted by molar-refractivity contribution is -0.146. The second kappa shape index (κ2) is 4.52. The van der Waals surface area contributed by atoms with Crippen molar-refractivity contribution in [1.82, 2.24) is 0 Å². The second-order valence-electron chi connectivity index (χ2n) is 3.82. The number of hydrogen-bond donors (Lipinski definition) is 1. The summed E-state index contributed by atoms with van der Waals surface area (Å²) in [5.41, 5.74) is -0.00578. The number of carboxylic acid groups (broad SMARTS) is 1. The predicted molar refractivity (Wildman–Crippen MR) is 58.7 cm³/mol. The van der Waals surface area contributed by atoms with Gasteiger partial charge in [0.15, 0.2) is 6.10 Å². The van der Waals surface area contributed by atoms with Gasteiger partial charge in [0.25, 0.3) is 0 Å². The van der Waals surface area contributed by atoms with E-state index in [4.69, 9.17) is 5.11 Å². The molecule has 0 spiro atoms. The quantitative estimate of drug-likeness (QED) is 0.630. The minimum atomic E-state index is -1.31. The van der Waals surface area contributed by atoms with E-state index in [-0.39, 0.29) is 16.7 Å². The van der Waals surface area contributed by atoms with E-state index in [2.05, 4.69) is 9.47 Å². The molecule has 7 heteroatoms. The third-order valence-corrected chi connectivity index (χ3v) is 2.51. The van der Waals surface area contributed by atoms with E-state index in [0.29, 0.717) is 0 Å². The van der Waals surface area contributed by atoms with E-state index in [1.165, 1.54) is 19.1 Å². The minimum absolute atomic E-state index is 0.0292. The molecule has 0 saturated carbocycles. The molecule has 1 aliphatic heterocycles. The summed E-state index contributed by atoms with van der Waals surface area (Å²) in [7, 11) is 0. The Kier molecular flexibility index (Phi) is 3.04. The number of hydrogen-bond acceptors (Lipinski definition) is 6. The van der Waals surface area contributed by atoms with Crippen LogP contribution in [0.15, 0.2) is 18.2 Å². The van der Waals surface area contributed by atoms with Gasteiger partial charge < -0.3 is 14.6 Å². The summed E-state index contributed by atoms with van der Waals surface area (Å²) in [6, 6.07) is 3.65. The van der Waals surface area contributed by atoms with E-state index < -0.39 is 30.0 Å². The molecule has 0 amide bonds. The van der Waals surface area contributed by atoms with Gasteiger partial charge >= 0.3 is 23.9 Å². The highest BCUT2D eigenvalue weighted by atomic mass is 16.6. The Labute approximate surface area is 106 Å². The Bertz CT molecular complexity index is 602. The molecule has 1 heterocycles. The van der Waals surface area contributed by atoms with Gasteiger partial charge in [-0.1, -0.05) is 0 Å². The van der Waals surface area contributed by atoms with Crippen LogP contribution in [0.2, 0.25) is 0 Å². The second-order valence-corrected chi connectivity index (χ2v) is 3.82. The SMILES string of the molecule is CC(OC(=O)c1ccc2c(c1)C(=O)OC2=O)C(=O)O. The Balaban J connectivity index is 2.26. The number of carbonyl (C=O) groups excluding carboxylic acids is 3. The van der Waals surface area contributed by atoms with Crippen molar-refractivity contribution in [3.8, 4) is 0 Å². The van der Waals surface area contributed by atoms with Gasteiger partial charge in [-0.15, -0.1) is 0 Å². The van der Waals surface area contributed by atoms with Crippen molar-refractivity contribution in [2.75, 3.05) is 0 Å². The van der Waals surface area contributed by atoms with Crippen molar-refractivity contribution in [2.45, 2.75) is 13.0 Å². The molecule has 1 aromatic carbocycles. The van der Waals surface area contributed by atoms with Gasteiger partial charge in [0.1, 0.15) is 0 Å². The van der Waals surface area contributed by atoms with Crippen molar-refractivity contribution < 1.29 is 33.8 Å².